The molecule has 1 aromatic carbocycles. The van der Waals surface area contributed by atoms with Gasteiger partial charge in [0.15, 0.2) is 8.32 Å². The van der Waals surface area contributed by atoms with Crippen molar-refractivity contribution in [3.63, 3.8) is 0 Å². The lowest BCUT2D eigenvalue weighted by atomic mass is 9.95. The van der Waals surface area contributed by atoms with Crippen molar-refractivity contribution in [3.8, 4) is 6.07 Å². The van der Waals surface area contributed by atoms with E-state index in [2.05, 4.69) is 26.8 Å². The predicted octanol–water partition coefficient (Wildman–Crippen LogP) is 4.83. The van der Waals surface area contributed by atoms with Gasteiger partial charge >= 0.3 is 5.97 Å². The van der Waals surface area contributed by atoms with Crippen LogP contribution in [0, 0.1) is 11.3 Å². The summed E-state index contributed by atoms with van der Waals surface area (Å²) in [6.45, 7) is 15.6. The SMILES string of the molecule is CN(C)c1ccc(C(C#N)(O[Si](C)(C)C(C)(C)C)C(=O)OC(C)(C)C)cc1. The molecule has 0 heterocycles. The van der Waals surface area contributed by atoms with Crippen molar-refractivity contribution in [3.05, 3.63) is 29.8 Å². The molecule has 1 unspecified atom stereocenters. The van der Waals surface area contributed by atoms with Crippen molar-refractivity contribution in [1.29, 1.82) is 5.26 Å². The topological polar surface area (TPSA) is 62.6 Å². The number of anilines is 1. The zero-order valence-corrected chi connectivity index (χ0v) is 19.4. The number of rotatable bonds is 5. The van der Waals surface area contributed by atoms with Crippen LogP contribution in [0.5, 0.6) is 0 Å². The maximum atomic E-state index is 13.2. The molecule has 0 aromatic heterocycles. The summed E-state index contributed by atoms with van der Waals surface area (Å²) < 4.78 is 12.0. The Bertz CT molecular complexity index is 707. The Morgan fingerprint density at radius 2 is 1.52 bits per heavy atom. The van der Waals surface area contributed by atoms with Crippen molar-refractivity contribution in [1.82, 2.24) is 0 Å². The van der Waals surface area contributed by atoms with Gasteiger partial charge in [-0.25, -0.2) is 4.79 Å². The summed E-state index contributed by atoms with van der Waals surface area (Å²) in [5, 5.41) is 9.97. The summed E-state index contributed by atoms with van der Waals surface area (Å²) in [4.78, 5) is 15.1. The largest absolute Gasteiger partial charge is 0.457 e. The van der Waals surface area contributed by atoms with Crippen LogP contribution in [0.2, 0.25) is 18.1 Å². The second kappa shape index (κ2) is 7.65. The normalized spacial score (nSPS) is 14.9. The molecule has 0 saturated heterocycles. The first-order valence-electron chi connectivity index (χ1n) is 9.18. The average Bonchev–Trinajstić information content (AvgIpc) is 2.49. The van der Waals surface area contributed by atoms with Gasteiger partial charge in [0, 0.05) is 25.3 Å². The molecule has 0 spiro atoms. The first kappa shape index (κ1) is 23.2. The van der Waals surface area contributed by atoms with Gasteiger partial charge in [0.1, 0.15) is 11.7 Å². The molecule has 0 aliphatic heterocycles. The number of hydrogen-bond acceptors (Lipinski definition) is 5. The van der Waals surface area contributed by atoms with Crippen LogP contribution in [0.3, 0.4) is 0 Å². The molecule has 0 fully saturated rings. The smallest absolute Gasteiger partial charge is 0.357 e. The molecule has 0 bridgehead atoms. The maximum absolute atomic E-state index is 13.2. The van der Waals surface area contributed by atoms with Crippen molar-refractivity contribution >= 4 is 20.0 Å². The highest BCUT2D eigenvalue weighted by atomic mass is 28.4. The number of hydrogen-bond donors (Lipinski definition) is 0. The standard InChI is InChI=1S/C21H34N2O3Si/c1-19(2,3)25-18(24)21(15-22,26-27(9,10)20(4,5)6)16-11-13-17(14-12-16)23(7)8/h11-14H,1-10H3. The van der Waals surface area contributed by atoms with E-state index in [0.29, 0.717) is 5.56 Å². The highest BCUT2D eigenvalue weighted by molar-refractivity contribution is 6.74. The van der Waals surface area contributed by atoms with E-state index in [-0.39, 0.29) is 5.04 Å². The van der Waals surface area contributed by atoms with Gasteiger partial charge in [-0.1, -0.05) is 32.9 Å². The fraction of sp³-hybridized carbons (Fsp3) is 0.619. The predicted molar refractivity (Wildman–Crippen MR) is 112 cm³/mol. The number of nitriles is 1. The molecular weight excluding hydrogens is 356 g/mol. The number of carbonyl (C=O) groups excluding carboxylic acids is 1. The second-order valence-electron chi connectivity index (χ2n) is 9.60. The Kier molecular flexibility index (Phi) is 6.57. The minimum absolute atomic E-state index is 0.166. The molecule has 0 N–H and O–H groups in total. The summed E-state index contributed by atoms with van der Waals surface area (Å²) in [6.07, 6.45) is 0. The summed E-state index contributed by atoms with van der Waals surface area (Å²) >= 11 is 0. The number of ether oxygens (including phenoxy) is 1. The van der Waals surface area contributed by atoms with Crippen LogP contribution >= 0.6 is 0 Å². The van der Waals surface area contributed by atoms with Gasteiger partial charge in [-0.2, -0.15) is 5.26 Å². The van der Waals surface area contributed by atoms with Crippen LogP contribution in [0.25, 0.3) is 0 Å². The number of benzene rings is 1. The van der Waals surface area contributed by atoms with Crippen molar-refractivity contribution in [2.75, 3.05) is 19.0 Å². The minimum Gasteiger partial charge on any atom is -0.457 e. The Balaban J connectivity index is 3.55. The Morgan fingerprint density at radius 3 is 1.85 bits per heavy atom. The van der Waals surface area contributed by atoms with E-state index in [1.54, 1.807) is 32.9 Å². The van der Waals surface area contributed by atoms with Gasteiger partial charge in [-0.15, -0.1) is 0 Å². The zero-order valence-electron chi connectivity index (χ0n) is 18.4. The molecule has 1 atom stereocenters. The van der Waals surface area contributed by atoms with Crippen LogP contribution in [-0.4, -0.2) is 34.0 Å². The van der Waals surface area contributed by atoms with Gasteiger partial charge in [0.05, 0.1) is 0 Å². The fourth-order valence-corrected chi connectivity index (χ4v) is 3.55. The van der Waals surface area contributed by atoms with Crippen molar-refractivity contribution < 1.29 is 14.0 Å². The van der Waals surface area contributed by atoms with Gasteiger partial charge in [0.2, 0.25) is 0 Å². The van der Waals surface area contributed by atoms with Crippen LogP contribution in [-0.2, 0) is 19.6 Å². The van der Waals surface area contributed by atoms with Crippen LogP contribution in [0.15, 0.2) is 24.3 Å². The number of carbonyl (C=O) groups is 1. The Morgan fingerprint density at radius 1 is 1.04 bits per heavy atom. The summed E-state index contributed by atoms with van der Waals surface area (Å²) in [7, 11) is 1.42. The highest BCUT2D eigenvalue weighted by Gasteiger charge is 2.52. The number of nitrogens with zero attached hydrogens (tertiary/aromatic N) is 2. The van der Waals surface area contributed by atoms with Gasteiger partial charge in [-0.05, 0) is 51.0 Å². The molecule has 150 valence electrons. The molecule has 1 rings (SSSR count). The quantitative estimate of drug-likeness (QED) is 0.532. The molecule has 0 saturated carbocycles. The third-order valence-corrected chi connectivity index (χ3v) is 9.28. The summed E-state index contributed by atoms with van der Waals surface area (Å²) in [5.74, 6) is -0.667. The monoisotopic (exact) mass is 390 g/mol. The van der Waals surface area contributed by atoms with Crippen LogP contribution < -0.4 is 4.90 Å². The lowest BCUT2D eigenvalue weighted by Crippen LogP contribution is -2.52. The van der Waals surface area contributed by atoms with E-state index in [4.69, 9.17) is 9.16 Å². The molecule has 0 aliphatic rings. The van der Waals surface area contributed by atoms with Gasteiger partial charge < -0.3 is 14.1 Å². The fourth-order valence-electron chi connectivity index (χ4n) is 2.23. The first-order valence-corrected chi connectivity index (χ1v) is 12.1. The molecule has 0 amide bonds. The molecular formula is C21H34N2O3Si. The van der Waals surface area contributed by atoms with Crippen molar-refractivity contribution in [2.24, 2.45) is 0 Å². The molecule has 27 heavy (non-hydrogen) atoms. The summed E-state index contributed by atoms with van der Waals surface area (Å²) in [6, 6.07) is 9.45. The summed E-state index contributed by atoms with van der Waals surface area (Å²) in [5.41, 5.74) is -1.04. The highest BCUT2D eigenvalue weighted by Crippen LogP contribution is 2.43. The molecule has 5 nitrogen and oxygen atoms in total. The average molecular weight is 391 g/mol. The maximum Gasteiger partial charge on any atom is 0.357 e. The third-order valence-electron chi connectivity index (χ3n) is 4.85. The zero-order chi connectivity index (χ0) is 21.3. The van der Waals surface area contributed by atoms with E-state index in [0.717, 1.165) is 5.69 Å². The van der Waals surface area contributed by atoms with E-state index in [1.165, 1.54) is 0 Å². The van der Waals surface area contributed by atoms with E-state index < -0.39 is 25.5 Å². The Hall–Kier alpha value is -1.84. The first-order chi connectivity index (χ1) is 12.1. The van der Waals surface area contributed by atoms with Gasteiger partial charge in [-0.3, -0.25) is 0 Å². The van der Waals surface area contributed by atoms with E-state index in [1.807, 2.05) is 44.2 Å². The van der Waals surface area contributed by atoms with Crippen LogP contribution in [0.4, 0.5) is 5.69 Å². The van der Waals surface area contributed by atoms with Crippen LogP contribution in [0.1, 0.15) is 47.1 Å². The Labute approximate surface area is 165 Å². The third kappa shape index (κ3) is 5.33. The van der Waals surface area contributed by atoms with E-state index in [9.17, 15) is 10.1 Å². The molecule has 6 heteroatoms. The lowest BCUT2D eigenvalue weighted by Gasteiger charge is -2.42. The lowest BCUT2D eigenvalue weighted by molar-refractivity contribution is -0.170. The van der Waals surface area contributed by atoms with Crippen molar-refractivity contribution in [2.45, 2.75) is 70.9 Å². The molecule has 0 aliphatic carbocycles. The molecule has 0 radical (unpaired) electrons. The second-order valence-corrected chi connectivity index (χ2v) is 14.3. The molecule has 1 aromatic rings. The minimum atomic E-state index is -2.45. The number of esters is 1. The van der Waals surface area contributed by atoms with Gasteiger partial charge in [0.25, 0.3) is 5.60 Å². The van der Waals surface area contributed by atoms with E-state index >= 15 is 0 Å².